The number of esters is 1. The van der Waals surface area contributed by atoms with E-state index in [0.29, 0.717) is 6.42 Å². The van der Waals surface area contributed by atoms with Gasteiger partial charge >= 0.3 is 5.97 Å². The molecular formula is C16H22N2O6S. The number of hydrogen-bond donors (Lipinski definition) is 0. The van der Waals surface area contributed by atoms with Gasteiger partial charge in [-0.2, -0.15) is 4.31 Å². The summed E-state index contributed by atoms with van der Waals surface area (Å²) in [5.41, 5.74) is -0.207. The summed E-state index contributed by atoms with van der Waals surface area (Å²) in [6.07, 6.45) is 3.77. The van der Waals surface area contributed by atoms with Crippen molar-refractivity contribution in [2.24, 2.45) is 0 Å². The zero-order valence-electron chi connectivity index (χ0n) is 14.1. The molecule has 0 bridgehead atoms. The van der Waals surface area contributed by atoms with E-state index in [1.54, 1.807) is 13.0 Å². The van der Waals surface area contributed by atoms with Crippen LogP contribution in [0, 0.1) is 10.1 Å². The van der Waals surface area contributed by atoms with Crippen molar-refractivity contribution in [3.05, 3.63) is 47.0 Å². The van der Waals surface area contributed by atoms with Crippen LogP contribution in [0.25, 0.3) is 0 Å². The number of nitrogens with zero attached hydrogens (tertiary/aromatic N) is 2. The number of sulfonamides is 1. The third-order valence-electron chi connectivity index (χ3n) is 3.36. The maximum atomic E-state index is 12.7. The fraction of sp³-hybridized carbons (Fsp3) is 0.438. The lowest BCUT2D eigenvalue weighted by Gasteiger charge is -2.21. The number of carbonyl (C=O) groups is 1. The minimum atomic E-state index is -3.96. The van der Waals surface area contributed by atoms with Gasteiger partial charge in [-0.3, -0.25) is 14.9 Å². The van der Waals surface area contributed by atoms with Crippen LogP contribution in [0.5, 0.6) is 0 Å². The van der Waals surface area contributed by atoms with Crippen molar-refractivity contribution >= 4 is 21.7 Å². The van der Waals surface area contributed by atoms with Crippen LogP contribution in [0.4, 0.5) is 5.69 Å². The van der Waals surface area contributed by atoms with Crippen LogP contribution in [0.3, 0.4) is 0 Å². The molecule has 8 nitrogen and oxygen atoms in total. The Hall–Kier alpha value is -2.26. The lowest BCUT2D eigenvalue weighted by Crippen LogP contribution is -2.37. The Morgan fingerprint density at radius 3 is 2.48 bits per heavy atom. The molecular weight excluding hydrogens is 348 g/mol. The van der Waals surface area contributed by atoms with Gasteiger partial charge in [-0.15, -0.1) is 6.58 Å². The molecule has 1 aromatic carbocycles. The second-order valence-corrected chi connectivity index (χ2v) is 7.12. The number of hydrogen-bond acceptors (Lipinski definition) is 6. The molecule has 138 valence electrons. The van der Waals surface area contributed by atoms with Crippen molar-refractivity contribution in [3.8, 4) is 0 Å². The van der Waals surface area contributed by atoms with Crippen molar-refractivity contribution in [1.82, 2.24) is 4.31 Å². The van der Waals surface area contributed by atoms with E-state index in [0.717, 1.165) is 41.4 Å². The molecule has 25 heavy (non-hydrogen) atoms. The molecule has 0 saturated carbocycles. The third-order valence-corrected chi connectivity index (χ3v) is 5.22. The fourth-order valence-corrected chi connectivity index (χ4v) is 3.52. The topological polar surface area (TPSA) is 107 Å². The van der Waals surface area contributed by atoms with Crippen molar-refractivity contribution in [1.29, 1.82) is 0 Å². The lowest BCUT2D eigenvalue weighted by molar-refractivity contribution is -0.384. The standard InChI is InChI=1S/C16H22N2O6S/c1-3-5-6-7-12-17(13-16(19)24-4-2)25(22,23)15-10-8-14(9-11-15)18(20)21/h3,8-11H,1,4-7,12-13H2,2H3. The summed E-state index contributed by atoms with van der Waals surface area (Å²) in [5, 5.41) is 10.7. The van der Waals surface area contributed by atoms with E-state index in [1.807, 2.05) is 0 Å². The quantitative estimate of drug-likeness (QED) is 0.195. The highest BCUT2D eigenvalue weighted by Crippen LogP contribution is 2.20. The van der Waals surface area contributed by atoms with Gasteiger partial charge in [-0.05, 0) is 38.3 Å². The number of nitro benzene ring substituents is 1. The average molecular weight is 370 g/mol. The van der Waals surface area contributed by atoms with Crippen molar-refractivity contribution in [2.45, 2.75) is 31.1 Å². The number of non-ortho nitro benzene ring substituents is 1. The molecule has 0 aliphatic heterocycles. The molecule has 0 heterocycles. The molecule has 0 aliphatic rings. The molecule has 0 unspecified atom stereocenters. The number of benzene rings is 1. The minimum absolute atomic E-state index is 0.105. The first-order valence-electron chi connectivity index (χ1n) is 7.84. The number of rotatable bonds is 11. The second-order valence-electron chi connectivity index (χ2n) is 5.18. The average Bonchev–Trinajstić information content (AvgIpc) is 2.57. The van der Waals surface area contributed by atoms with E-state index in [1.165, 1.54) is 0 Å². The van der Waals surface area contributed by atoms with Gasteiger partial charge in [0.1, 0.15) is 6.54 Å². The monoisotopic (exact) mass is 370 g/mol. The summed E-state index contributed by atoms with van der Waals surface area (Å²) in [6.45, 7) is 5.14. The molecule has 1 aromatic rings. The van der Waals surface area contributed by atoms with Gasteiger partial charge in [0.05, 0.1) is 16.4 Å². The molecule has 0 amide bonds. The van der Waals surface area contributed by atoms with Crippen LogP contribution >= 0.6 is 0 Å². The predicted molar refractivity (Wildman–Crippen MR) is 92.5 cm³/mol. The molecule has 0 atom stereocenters. The second kappa shape index (κ2) is 9.90. The smallest absolute Gasteiger partial charge is 0.321 e. The molecule has 0 N–H and O–H groups in total. The SMILES string of the molecule is C=CCCCCN(CC(=O)OCC)S(=O)(=O)c1ccc([N+](=O)[O-])cc1. The molecule has 9 heteroatoms. The molecule has 0 aromatic heterocycles. The Bertz CT molecular complexity index is 700. The Morgan fingerprint density at radius 1 is 1.32 bits per heavy atom. The van der Waals surface area contributed by atoms with Crippen molar-refractivity contribution in [2.75, 3.05) is 19.7 Å². The zero-order valence-corrected chi connectivity index (χ0v) is 14.9. The summed E-state index contributed by atoms with van der Waals surface area (Å²) in [5.74, 6) is -0.642. The normalized spacial score (nSPS) is 11.3. The predicted octanol–water partition coefficient (Wildman–Crippen LogP) is 2.50. The summed E-state index contributed by atoms with van der Waals surface area (Å²) in [6, 6.07) is 4.56. The van der Waals surface area contributed by atoms with Crippen LogP contribution < -0.4 is 0 Å². The summed E-state index contributed by atoms with van der Waals surface area (Å²) in [4.78, 5) is 21.7. The van der Waals surface area contributed by atoms with E-state index < -0.39 is 27.5 Å². The maximum Gasteiger partial charge on any atom is 0.321 e. The number of allylic oxidation sites excluding steroid dienone is 1. The summed E-state index contributed by atoms with van der Waals surface area (Å²) >= 11 is 0. The van der Waals surface area contributed by atoms with E-state index in [-0.39, 0.29) is 23.7 Å². The van der Waals surface area contributed by atoms with E-state index in [2.05, 4.69) is 6.58 Å². The highest BCUT2D eigenvalue weighted by molar-refractivity contribution is 7.89. The maximum absolute atomic E-state index is 12.7. The van der Waals surface area contributed by atoms with Crippen LogP contribution in [0.2, 0.25) is 0 Å². The summed E-state index contributed by atoms with van der Waals surface area (Å²) in [7, 11) is -3.96. The Labute approximate surface area is 147 Å². The minimum Gasteiger partial charge on any atom is -0.465 e. The van der Waals surface area contributed by atoms with E-state index >= 15 is 0 Å². The fourth-order valence-electron chi connectivity index (χ4n) is 2.10. The molecule has 0 fully saturated rings. The number of nitro groups is 1. The Kier molecular flexibility index (Phi) is 8.23. The van der Waals surface area contributed by atoms with Crippen LogP contribution in [-0.2, 0) is 19.6 Å². The molecule has 0 radical (unpaired) electrons. The van der Waals surface area contributed by atoms with Crippen LogP contribution in [0.15, 0.2) is 41.8 Å². The first-order chi connectivity index (χ1) is 11.8. The Balaban J connectivity index is 3.00. The van der Waals surface area contributed by atoms with Gasteiger partial charge < -0.3 is 4.74 Å². The molecule has 0 aliphatic carbocycles. The summed E-state index contributed by atoms with van der Waals surface area (Å²) < 4.78 is 31.4. The Morgan fingerprint density at radius 2 is 1.96 bits per heavy atom. The molecule has 1 rings (SSSR count). The van der Waals surface area contributed by atoms with Gasteiger partial charge in [0.15, 0.2) is 0 Å². The van der Waals surface area contributed by atoms with Crippen LogP contribution in [0.1, 0.15) is 26.2 Å². The number of unbranched alkanes of at least 4 members (excludes halogenated alkanes) is 2. The van der Waals surface area contributed by atoms with Crippen molar-refractivity contribution in [3.63, 3.8) is 0 Å². The largest absolute Gasteiger partial charge is 0.465 e. The lowest BCUT2D eigenvalue weighted by atomic mass is 10.2. The van der Waals surface area contributed by atoms with Crippen molar-refractivity contribution < 1.29 is 22.9 Å². The number of carbonyl (C=O) groups excluding carboxylic acids is 1. The van der Waals surface area contributed by atoms with Gasteiger partial charge in [0.2, 0.25) is 10.0 Å². The van der Waals surface area contributed by atoms with Gasteiger partial charge in [0.25, 0.3) is 5.69 Å². The molecule has 0 saturated heterocycles. The first kappa shape index (κ1) is 20.8. The van der Waals surface area contributed by atoms with Gasteiger partial charge in [0, 0.05) is 18.7 Å². The van der Waals surface area contributed by atoms with Gasteiger partial charge in [-0.25, -0.2) is 8.42 Å². The van der Waals surface area contributed by atoms with Gasteiger partial charge in [-0.1, -0.05) is 6.08 Å². The van der Waals surface area contributed by atoms with Crippen LogP contribution in [-0.4, -0.2) is 43.3 Å². The third kappa shape index (κ3) is 6.28. The highest BCUT2D eigenvalue weighted by atomic mass is 32.2. The zero-order chi connectivity index (χ0) is 18.9. The highest BCUT2D eigenvalue weighted by Gasteiger charge is 2.27. The number of ether oxygens (including phenoxy) is 1. The molecule has 0 spiro atoms. The van der Waals surface area contributed by atoms with E-state index in [9.17, 15) is 23.3 Å². The van der Waals surface area contributed by atoms with E-state index in [4.69, 9.17) is 4.74 Å². The first-order valence-corrected chi connectivity index (χ1v) is 9.28.